The molecule has 0 spiro atoms. The summed E-state index contributed by atoms with van der Waals surface area (Å²) >= 11 is 0. The smallest absolute Gasteiger partial charge is 0.259 e. The molecule has 0 saturated carbocycles. The number of amides is 1. The minimum Gasteiger partial charge on any atom is -0.493 e. The van der Waals surface area contributed by atoms with E-state index in [9.17, 15) is 4.79 Å². The van der Waals surface area contributed by atoms with Crippen LogP contribution in [0.1, 0.15) is 5.56 Å². The molecule has 0 aliphatic rings. The molecule has 2 N–H and O–H groups in total. The Bertz CT molecular complexity index is 1040. The van der Waals surface area contributed by atoms with Gasteiger partial charge in [0.25, 0.3) is 5.91 Å². The van der Waals surface area contributed by atoms with E-state index in [-0.39, 0.29) is 5.57 Å². The van der Waals surface area contributed by atoms with Crippen LogP contribution in [0.2, 0.25) is 0 Å². The van der Waals surface area contributed by atoms with Crippen molar-refractivity contribution in [2.45, 2.75) is 6.54 Å². The second-order valence-corrected chi connectivity index (χ2v) is 5.83. The molecule has 2 aromatic carbocycles. The standard InChI is InChI=1S/C21H19N3O3/c1-26-19-8-4-5-9-20(19)27-11-10-24-14-16(12-15(13-22)21(23)25)17-6-2-3-7-18(17)24/h2-9,12,14H,10-11H2,1H3,(H2,23,25)/b15-12+. The van der Waals surface area contributed by atoms with Crippen LogP contribution in [-0.2, 0) is 11.3 Å². The average molecular weight is 361 g/mol. The summed E-state index contributed by atoms with van der Waals surface area (Å²) in [6, 6.07) is 17.1. The third kappa shape index (κ3) is 3.93. The van der Waals surface area contributed by atoms with Crippen LogP contribution < -0.4 is 15.2 Å². The molecule has 3 aromatic rings. The number of para-hydroxylation sites is 3. The molecule has 0 unspecified atom stereocenters. The van der Waals surface area contributed by atoms with Gasteiger partial charge in [0.15, 0.2) is 11.5 Å². The maximum Gasteiger partial charge on any atom is 0.259 e. The maximum atomic E-state index is 11.4. The van der Waals surface area contributed by atoms with Crippen molar-refractivity contribution in [3.8, 4) is 17.6 Å². The Hall–Kier alpha value is -3.72. The van der Waals surface area contributed by atoms with Gasteiger partial charge in [0.2, 0.25) is 0 Å². The van der Waals surface area contributed by atoms with E-state index < -0.39 is 5.91 Å². The van der Waals surface area contributed by atoms with Crippen molar-refractivity contribution in [2.75, 3.05) is 13.7 Å². The molecule has 6 heteroatoms. The van der Waals surface area contributed by atoms with Crippen molar-refractivity contribution in [3.05, 3.63) is 65.9 Å². The quantitative estimate of drug-likeness (QED) is 0.517. The lowest BCUT2D eigenvalue weighted by atomic mass is 10.1. The van der Waals surface area contributed by atoms with Crippen LogP contribution in [0.5, 0.6) is 11.5 Å². The zero-order valence-electron chi connectivity index (χ0n) is 14.9. The summed E-state index contributed by atoms with van der Waals surface area (Å²) in [5, 5.41) is 10.0. The molecule has 0 radical (unpaired) electrons. The van der Waals surface area contributed by atoms with Gasteiger partial charge in [0.1, 0.15) is 18.2 Å². The number of nitriles is 1. The van der Waals surface area contributed by atoms with Gasteiger partial charge in [-0.15, -0.1) is 0 Å². The molecule has 6 nitrogen and oxygen atoms in total. The van der Waals surface area contributed by atoms with E-state index in [4.69, 9.17) is 20.5 Å². The highest BCUT2D eigenvalue weighted by molar-refractivity contribution is 6.03. The number of hydrogen-bond donors (Lipinski definition) is 1. The van der Waals surface area contributed by atoms with Crippen LogP contribution in [0.3, 0.4) is 0 Å². The SMILES string of the molecule is COc1ccccc1OCCn1cc(/C=C(\C#N)C(N)=O)c2ccccc21. The number of methoxy groups -OCH3 is 1. The highest BCUT2D eigenvalue weighted by Crippen LogP contribution is 2.27. The number of primary amides is 1. The fourth-order valence-electron chi connectivity index (χ4n) is 2.88. The van der Waals surface area contributed by atoms with Crippen molar-refractivity contribution >= 4 is 22.9 Å². The number of nitrogens with zero attached hydrogens (tertiary/aromatic N) is 2. The molecule has 0 aliphatic carbocycles. The van der Waals surface area contributed by atoms with Gasteiger partial charge in [-0.1, -0.05) is 30.3 Å². The molecule has 136 valence electrons. The Kier molecular flexibility index (Phi) is 5.43. The Morgan fingerprint density at radius 3 is 2.59 bits per heavy atom. The van der Waals surface area contributed by atoms with Gasteiger partial charge < -0.3 is 19.8 Å². The molecule has 0 aliphatic heterocycles. The van der Waals surface area contributed by atoms with Crippen molar-refractivity contribution in [2.24, 2.45) is 5.73 Å². The first-order valence-corrected chi connectivity index (χ1v) is 8.39. The molecule has 3 rings (SSSR count). The lowest BCUT2D eigenvalue weighted by Gasteiger charge is -2.11. The van der Waals surface area contributed by atoms with Crippen molar-refractivity contribution in [3.63, 3.8) is 0 Å². The number of nitrogens with two attached hydrogens (primary N) is 1. The van der Waals surface area contributed by atoms with Gasteiger partial charge >= 0.3 is 0 Å². The molecule has 27 heavy (non-hydrogen) atoms. The normalized spacial score (nSPS) is 11.2. The first-order chi connectivity index (χ1) is 13.1. The number of carbonyl (C=O) groups excluding carboxylic acids is 1. The number of rotatable bonds is 7. The van der Waals surface area contributed by atoms with Crippen LogP contribution >= 0.6 is 0 Å². The molecule has 0 fully saturated rings. The minimum absolute atomic E-state index is 0.0804. The van der Waals surface area contributed by atoms with Crippen LogP contribution in [-0.4, -0.2) is 24.2 Å². The monoisotopic (exact) mass is 361 g/mol. The van der Waals surface area contributed by atoms with E-state index in [1.54, 1.807) is 7.11 Å². The molecule has 0 atom stereocenters. The van der Waals surface area contributed by atoms with Crippen molar-refractivity contribution in [1.82, 2.24) is 4.57 Å². The van der Waals surface area contributed by atoms with Gasteiger partial charge in [-0.2, -0.15) is 5.26 Å². The first-order valence-electron chi connectivity index (χ1n) is 8.39. The predicted octanol–water partition coefficient (Wildman–Crippen LogP) is 3.12. The molecular formula is C21H19N3O3. The summed E-state index contributed by atoms with van der Waals surface area (Å²) < 4.78 is 13.2. The number of benzene rings is 2. The van der Waals surface area contributed by atoms with Crippen molar-refractivity contribution in [1.29, 1.82) is 5.26 Å². The lowest BCUT2D eigenvalue weighted by molar-refractivity contribution is -0.114. The molecule has 0 bridgehead atoms. The zero-order valence-corrected chi connectivity index (χ0v) is 14.9. The van der Waals surface area contributed by atoms with Gasteiger partial charge in [-0.3, -0.25) is 4.79 Å². The molecule has 1 aromatic heterocycles. The zero-order chi connectivity index (χ0) is 19.2. The summed E-state index contributed by atoms with van der Waals surface area (Å²) in [6.07, 6.45) is 3.40. The van der Waals surface area contributed by atoms with Gasteiger partial charge in [-0.25, -0.2) is 0 Å². The third-order valence-electron chi connectivity index (χ3n) is 4.16. The summed E-state index contributed by atoms with van der Waals surface area (Å²) in [5.41, 5.74) is 6.91. The van der Waals surface area contributed by atoms with Gasteiger partial charge in [0.05, 0.1) is 13.7 Å². The topological polar surface area (TPSA) is 90.3 Å². The van der Waals surface area contributed by atoms with E-state index in [0.717, 1.165) is 16.5 Å². The van der Waals surface area contributed by atoms with Crippen LogP contribution in [0.4, 0.5) is 0 Å². The van der Waals surface area contributed by atoms with Crippen LogP contribution in [0.15, 0.2) is 60.3 Å². The number of hydrogen-bond acceptors (Lipinski definition) is 4. The van der Waals surface area contributed by atoms with E-state index in [1.165, 1.54) is 6.08 Å². The third-order valence-corrected chi connectivity index (χ3v) is 4.16. The van der Waals surface area contributed by atoms with Gasteiger partial charge in [-0.05, 0) is 24.3 Å². The Balaban J connectivity index is 1.85. The molecule has 0 saturated heterocycles. The lowest BCUT2D eigenvalue weighted by Crippen LogP contribution is -2.12. The first kappa shape index (κ1) is 18.1. The van der Waals surface area contributed by atoms with Crippen LogP contribution in [0.25, 0.3) is 17.0 Å². The average Bonchev–Trinajstić information content (AvgIpc) is 3.04. The van der Waals surface area contributed by atoms with Gasteiger partial charge in [0, 0.05) is 22.7 Å². The van der Waals surface area contributed by atoms with E-state index in [2.05, 4.69) is 0 Å². The summed E-state index contributed by atoms with van der Waals surface area (Å²) in [6.45, 7) is 1.02. The molecular weight excluding hydrogens is 342 g/mol. The Labute approximate surface area is 157 Å². The van der Waals surface area contributed by atoms with E-state index in [0.29, 0.717) is 24.7 Å². The maximum absolute atomic E-state index is 11.4. The Morgan fingerprint density at radius 2 is 1.89 bits per heavy atom. The van der Waals surface area contributed by atoms with Crippen molar-refractivity contribution < 1.29 is 14.3 Å². The number of fused-ring (bicyclic) bond motifs is 1. The molecule has 1 amide bonds. The van der Waals surface area contributed by atoms with Crippen LogP contribution in [0, 0.1) is 11.3 Å². The summed E-state index contributed by atoms with van der Waals surface area (Å²) in [7, 11) is 1.60. The number of ether oxygens (including phenoxy) is 2. The minimum atomic E-state index is -0.742. The largest absolute Gasteiger partial charge is 0.493 e. The van der Waals surface area contributed by atoms with E-state index >= 15 is 0 Å². The van der Waals surface area contributed by atoms with E-state index in [1.807, 2.05) is 65.4 Å². The highest BCUT2D eigenvalue weighted by atomic mass is 16.5. The summed E-state index contributed by atoms with van der Waals surface area (Å²) in [4.78, 5) is 11.4. The number of aromatic nitrogens is 1. The fraction of sp³-hybridized carbons (Fsp3) is 0.143. The second-order valence-electron chi connectivity index (χ2n) is 5.83. The number of carbonyl (C=O) groups is 1. The predicted molar refractivity (Wildman–Crippen MR) is 103 cm³/mol. The summed E-state index contributed by atoms with van der Waals surface area (Å²) in [5.74, 6) is 0.615. The fourth-order valence-corrected chi connectivity index (χ4v) is 2.88. The Morgan fingerprint density at radius 1 is 1.19 bits per heavy atom. The molecule has 1 heterocycles. The second kappa shape index (κ2) is 8.11. The highest BCUT2D eigenvalue weighted by Gasteiger charge is 2.10.